The molecule has 1 aromatic heterocycles. The van der Waals surface area contributed by atoms with E-state index in [9.17, 15) is 9.18 Å². The number of furan rings is 1. The van der Waals surface area contributed by atoms with E-state index in [1.807, 2.05) is 0 Å². The van der Waals surface area contributed by atoms with Crippen molar-refractivity contribution in [3.05, 3.63) is 83.6 Å². The van der Waals surface area contributed by atoms with E-state index in [2.05, 4.69) is 5.16 Å². The molecule has 0 unspecified atom stereocenters. The van der Waals surface area contributed by atoms with Crippen LogP contribution >= 0.6 is 0 Å². The summed E-state index contributed by atoms with van der Waals surface area (Å²) in [7, 11) is 1.56. The Morgan fingerprint density at radius 1 is 1.11 bits per heavy atom. The van der Waals surface area contributed by atoms with Crippen LogP contribution in [0.2, 0.25) is 0 Å². The minimum absolute atomic E-state index is 0.0556. The van der Waals surface area contributed by atoms with Crippen LogP contribution in [0.15, 0.2) is 70.2 Å². The van der Waals surface area contributed by atoms with Gasteiger partial charge in [-0.05, 0) is 48.5 Å². The Kier molecular flexibility index (Phi) is 5.91. The minimum atomic E-state index is -0.822. The molecular formula is C20H17FN2O5. The van der Waals surface area contributed by atoms with Crippen molar-refractivity contribution in [2.24, 2.45) is 10.9 Å². The summed E-state index contributed by atoms with van der Waals surface area (Å²) in [5, 5.41) is 3.54. The molecule has 0 radical (unpaired) electrons. The van der Waals surface area contributed by atoms with E-state index >= 15 is 0 Å². The number of hydrogen-bond acceptors (Lipinski definition) is 6. The highest BCUT2D eigenvalue weighted by Gasteiger charge is 2.14. The van der Waals surface area contributed by atoms with Gasteiger partial charge in [0.25, 0.3) is 0 Å². The zero-order valence-corrected chi connectivity index (χ0v) is 14.9. The number of benzene rings is 2. The fourth-order valence-corrected chi connectivity index (χ4v) is 2.22. The van der Waals surface area contributed by atoms with Gasteiger partial charge in [-0.2, -0.15) is 0 Å². The van der Waals surface area contributed by atoms with Crippen molar-refractivity contribution < 1.29 is 27.9 Å². The van der Waals surface area contributed by atoms with Gasteiger partial charge in [0, 0.05) is 11.6 Å². The molecule has 0 aliphatic heterocycles. The molecule has 3 rings (SSSR count). The zero-order valence-electron chi connectivity index (χ0n) is 14.9. The maximum atomic E-state index is 12.9. The third kappa shape index (κ3) is 4.88. The molecule has 0 fully saturated rings. The molecule has 0 atom stereocenters. The summed E-state index contributed by atoms with van der Waals surface area (Å²) in [5.41, 5.74) is 6.12. The molecule has 0 spiro atoms. The van der Waals surface area contributed by atoms with Crippen LogP contribution in [0.25, 0.3) is 0 Å². The minimum Gasteiger partial charge on any atom is -0.497 e. The fourth-order valence-electron chi connectivity index (χ4n) is 2.22. The van der Waals surface area contributed by atoms with E-state index in [1.54, 1.807) is 37.4 Å². The molecule has 0 saturated carbocycles. The summed E-state index contributed by atoms with van der Waals surface area (Å²) in [6, 6.07) is 15.4. The number of carbonyl (C=O) groups is 1. The molecule has 0 aliphatic carbocycles. The van der Waals surface area contributed by atoms with Crippen LogP contribution in [-0.4, -0.2) is 18.9 Å². The van der Waals surface area contributed by atoms with Crippen molar-refractivity contribution in [3.8, 4) is 11.5 Å². The van der Waals surface area contributed by atoms with E-state index in [4.69, 9.17) is 24.5 Å². The highest BCUT2D eigenvalue weighted by molar-refractivity contribution is 5.97. The second kappa shape index (κ2) is 8.72. The van der Waals surface area contributed by atoms with E-state index in [-0.39, 0.29) is 18.2 Å². The lowest BCUT2D eigenvalue weighted by atomic mass is 10.2. The first-order chi connectivity index (χ1) is 13.5. The third-order valence-electron chi connectivity index (χ3n) is 3.65. The number of hydrogen-bond donors (Lipinski definition) is 1. The number of methoxy groups -OCH3 is 1. The fraction of sp³-hybridized carbons (Fsp3) is 0.100. The summed E-state index contributed by atoms with van der Waals surface area (Å²) in [6.45, 7) is 0.113. The van der Waals surface area contributed by atoms with Gasteiger partial charge in [-0.3, -0.25) is 0 Å². The van der Waals surface area contributed by atoms with Crippen LogP contribution in [-0.2, 0) is 11.4 Å². The molecule has 0 bridgehead atoms. The Morgan fingerprint density at radius 3 is 2.61 bits per heavy atom. The molecule has 2 N–H and O–H groups in total. The molecule has 0 aliphatic rings. The average molecular weight is 384 g/mol. The number of ether oxygens (including phenoxy) is 2. The lowest BCUT2D eigenvalue weighted by Crippen LogP contribution is -2.15. The first kappa shape index (κ1) is 19.0. The van der Waals surface area contributed by atoms with Gasteiger partial charge in [-0.15, -0.1) is 0 Å². The maximum Gasteiger partial charge on any atom is 0.400 e. The highest BCUT2D eigenvalue weighted by Crippen LogP contribution is 2.20. The van der Waals surface area contributed by atoms with Crippen LogP contribution in [0.5, 0.6) is 11.5 Å². The van der Waals surface area contributed by atoms with E-state index < -0.39 is 11.8 Å². The predicted molar refractivity (Wildman–Crippen MR) is 98.6 cm³/mol. The Hall–Kier alpha value is -3.81. The third-order valence-corrected chi connectivity index (χ3v) is 3.65. The highest BCUT2D eigenvalue weighted by atomic mass is 19.1. The summed E-state index contributed by atoms with van der Waals surface area (Å²) in [4.78, 5) is 16.8. The lowest BCUT2D eigenvalue weighted by molar-refractivity contribution is 0.0475. The van der Waals surface area contributed by atoms with Crippen molar-refractivity contribution in [2.75, 3.05) is 7.11 Å². The number of nitrogens with zero attached hydrogens (tertiary/aromatic N) is 1. The predicted octanol–water partition coefficient (Wildman–Crippen LogP) is 3.48. The van der Waals surface area contributed by atoms with E-state index in [0.717, 1.165) is 0 Å². The smallest absolute Gasteiger partial charge is 0.400 e. The average Bonchev–Trinajstić information content (AvgIpc) is 3.20. The second-order valence-corrected chi connectivity index (χ2v) is 5.60. The molecule has 0 saturated heterocycles. The summed E-state index contributed by atoms with van der Waals surface area (Å²) in [6.07, 6.45) is 0. The first-order valence-corrected chi connectivity index (χ1v) is 8.21. The number of rotatable bonds is 7. The van der Waals surface area contributed by atoms with Crippen LogP contribution in [0.3, 0.4) is 0 Å². The van der Waals surface area contributed by atoms with Gasteiger partial charge < -0.3 is 24.5 Å². The van der Waals surface area contributed by atoms with E-state index in [0.29, 0.717) is 22.8 Å². The van der Waals surface area contributed by atoms with E-state index in [1.165, 1.54) is 30.3 Å². The van der Waals surface area contributed by atoms with Gasteiger partial charge in [0.15, 0.2) is 5.84 Å². The molecule has 8 heteroatoms. The zero-order chi connectivity index (χ0) is 19.9. The van der Waals surface area contributed by atoms with Crippen molar-refractivity contribution >= 4 is 11.8 Å². The molecule has 144 valence electrons. The van der Waals surface area contributed by atoms with Crippen LogP contribution < -0.4 is 15.2 Å². The Labute approximate surface area is 160 Å². The number of carbonyl (C=O) groups excluding carboxylic acids is 1. The van der Waals surface area contributed by atoms with Crippen molar-refractivity contribution in [2.45, 2.75) is 6.61 Å². The Bertz CT molecular complexity index is 982. The molecule has 7 nitrogen and oxygen atoms in total. The standard InChI is InChI=1S/C20H17FN2O5/c1-25-15-3-2-4-16(11-15)26-12-17-9-10-18(27-17)20(24)28-23-19(22)13-5-7-14(21)8-6-13/h2-11H,12H2,1H3,(H2,22,23). The number of amidine groups is 1. The topological polar surface area (TPSA) is 96.3 Å². The Balaban J connectivity index is 1.57. The second-order valence-electron chi connectivity index (χ2n) is 5.60. The van der Waals surface area contributed by atoms with Crippen molar-refractivity contribution in [3.63, 3.8) is 0 Å². The summed E-state index contributed by atoms with van der Waals surface area (Å²) in [5.74, 6) is 0.325. The SMILES string of the molecule is COc1cccc(OCc2ccc(C(=O)O/N=C(\N)c3ccc(F)cc3)o2)c1. The van der Waals surface area contributed by atoms with Gasteiger partial charge in [-0.1, -0.05) is 11.2 Å². The van der Waals surface area contributed by atoms with Crippen LogP contribution in [0.1, 0.15) is 21.9 Å². The van der Waals surface area contributed by atoms with Crippen molar-refractivity contribution in [1.29, 1.82) is 0 Å². The molecule has 2 aromatic carbocycles. The lowest BCUT2D eigenvalue weighted by Gasteiger charge is -2.05. The maximum absolute atomic E-state index is 12.9. The molecule has 3 aromatic rings. The number of nitrogens with two attached hydrogens (primary N) is 1. The molecule has 28 heavy (non-hydrogen) atoms. The van der Waals surface area contributed by atoms with Gasteiger partial charge in [-0.25, -0.2) is 9.18 Å². The normalized spacial score (nSPS) is 11.1. The van der Waals surface area contributed by atoms with Gasteiger partial charge in [0.05, 0.1) is 7.11 Å². The van der Waals surface area contributed by atoms with Crippen molar-refractivity contribution in [1.82, 2.24) is 0 Å². The largest absolute Gasteiger partial charge is 0.497 e. The quantitative estimate of drug-likeness (QED) is 0.290. The van der Waals surface area contributed by atoms with Gasteiger partial charge in [0.2, 0.25) is 5.76 Å². The van der Waals surface area contributed by atoms with Crippen LogP contribution in [0, 0.1) is 5.82 Å². The van der Waals surface area contributed by atoms with Gasteiger partial charge >= 0.3 is 5.97 Å². The first-order valence-electron chi connectivity index (χ1n) is 8.21. The molecule has 1 heterocycles. The van der Waals surface area contributed by atoms with Crippen LogP contribution in [0.4, 0.5) is 4.39 Å². The molecular weight excluding hydrogens is 367 g/mol. The Morgan fingerprint density at radius 2 is 1.86 bits per heavy atom. The molecule has 0 amide bonds. The summed E-state index contributed by atoms with van der Waals surface area (Å²) < 4.78 is 29.0. The number of halogens is 1. The monoisotopic (exact) mass is 384 g/mol. The van der Waals surface area contributed by atoms with Gasteiger partial charge in [0.1, 0.15) is 29.7 Å². The summed E-state index contributed by atoms with van der Waals surface area (Å²) >= 11 is 0. The number of oxime groups is 1.